The Kier molecular flexibility index (Phi) is 3.22. The van der Waals surface area contributed by atoms with Crippen molar-refractivity contribution in [3.8, 4) is 0 Å². The van der Waals surface area contributed by atoms with Crippen LogP contribution in [-0.2, 0) is 4.79 Å². The number of aromatic nitrogens is 1. The SMILES string of the molecule is CN1CCN(C(=O)c2ccnc(F)c2F)CC1=O. The third kappa shape index (κ3) is 2.15. The van der Waals surface area contributed by atoms with Crippen LogP contribution in [0.4, 0.5) is 8.78 Å². The van der Waals surface area contributed by atoms with Crippen molar-refractivity contribution in [2.75, 3.05) is 26.7 Å². The molecule has 7 heteroatoms. The number of rotatable bonds is 1. The van der Waals surface area contributed by atoms with Crippen molar-refractivity contribution in [1.29, 1.82) is 0 Å². The van der Waals surface area contributed by atoms with Gasteiger partial charge < -0.3 is 9.80 Å². The highest BCUT2D eigenvalue weighted by atomic mass is 19.2. The van der Waals surface area contributed by atoms with Crippen LogP contribution in [0.5, 0.6) is 0 Å². The van der Waals surface area contributed by atoms with Crippen LogP contribution in [0.3, 0.4) is 0 Å². The lowest BCUT2D eigenvalue weighted by atomic mass is 10.2. The molecule has 96 valence electrons. The Morgan fingerprint density at radius 3 is 2.78 bits per heavy atom. The molecule has 0 aliphatic carbocycles. The molecule has 2 amide bonds. The number of pyridine rings is 1. The van der Waals surface area contributed by atoms with Crippen molar-refractivity contribution in [3.63, 3.8) is 0 Å². The number of hydrogen-bond acceptors (Lipinski definition) is 3. The predicted molar refractivity (Wildman–Crippen MR) is 57.7 cm³/mol. The fourth-order valence-electron chi connectivity index (χ4n) is 1.69. The zero-order chi connectivity index (χ0) is 13.3. The maximum atomic E-state index is 13.4. The van der Waals surface area contributed by atoms with Crippen molar-refractivity contribution >= 4 is 11.8 Å². The number of likely N-dealkylation sites (N-methyl/N-ethyl adjacent to an activating group) is 1. The Labute approximate surface area is 102 Å². The summed E-state index contributed by atoms with van der Waals surface area (Å²) in [6.45, 7) is 0.545. The minimum Gasteiger partial charge on any atom is -0.342 e. The van der Waals surface area contributed by atoms with E-state index in [-0.39, 0.29) is 12.5 Å². The quantitative estimate of drug-likeness (QED) is 0.677. The predicted octanol–water partition coefficient (Wildman–Crippen LogP) is 0.274. The molecule has 0 unspecified atom stereocenters. The van der Waals surface area contributed by atoms with Crippen LogP contribution in [0, 0.1) is 11.8 Å². The molecule has 0 aromatic carbocycles. The second kappa shape index (κ2) is 4.67. The summed E-state index contributed by atoms with van der Waals surface area (Å²) in [7, 11) is 1.62. The van der Waals surface area contributed by atoms with Crippen LogP contribution in [0.1, 0.15) is 10.4 Å². The summed E-state index contributed by atoms with van der Waals surface area (Å²) in [6, 6.07) is 1.10. The molecule has 0 atom stereocenters. The fraction of sp³-hybridized carbons (Fsp3) is 0.364. The summed E-state index contributed by atoms with van der Waals surface area (Å²) >= 11 is 0. The number of carbonyl (C=O) groups is 2. The van der Waals surface area contributed by atoms with Crippen LogP contribution < -0.4 is 0 Å². The second-order valence-corrected chi connectivity index (χ2v) is 4.01. The van der Waals surface area contributed by atoms with Gasteiger partial charge in [-0.15, -0.1) is 0 Å². The third-order valence-electron chi connectivity index (χ3n) is 2.82. The molecule has 0 bridgehead atoms. The number of nitrogens with zero attached hydrogens (tertiary/aromatic N) is 3. The monoisotopic (exact) mass is 255 g/mol. The van der Waals surface area contributed by atoms with Crippen molar-refractivity contribution in [2.45, 2.75) is 0 Å². The Balaban J connectivity index is 2.22. The van der Waals surface area contributed by atoms with E-state index in [2.05, 4.69) is 4.98 Å². The van der Waals surface area contributed by atoms with Gasteiger partial charge in [-0.05, 0) is 6.07 Å². The van der Waals surface area contributed by atoms with E-state index in [0.717, 1.165) is 12.3 Å². The zero-order valence-electron chi connectivity index (χ0n) is 9.69. The van der Waals surface area contributed by atoms with Crippen LogP contribution in [0.2, 0.25) is 0 Å². The van der Waals surface area contributed by atoms with Crippen LogP contribution >= 0.6 is 0 Å². The minimum atomic E-state index is -1.32. The van der Waals surface area contributed by atoms with E-state index in [1.807, 2.05) is 0 Å². The molecule has 1 aromatic rings. The maximum absolute atomic E-state index is 13.4. The van der Waals surface area contributed by atoms with Gasteiger partial charge in [0.25, 0.3) is 5.91 Å². The standard InChI is InChI=1S/C11H11F2N3O2/c1-15-4-5-16(6-8(15)17)11(18)7-2-3-14-10(13)9(7)12/h2-3H,4-6H2,1H3. The molecule has 1 aliphatic heterocycles. The number of halogens is 2. The largest absolute Gasteiger partial charge is 0.342 e. The van der Waals surface area contributed by atoms with Gasteiger partial charge in [0.2, 0.25) is 11.9 Å². The van der Waals surface area contributed by atoms with Gasteiger partial charge in [-0.1, -0.05) is 0 Å². The summed E-state index contributed by atoms with van der Waals surface area (Å²) in [5.41, 5.74) is -0.403. The average Bonchev–Trinajstić information content (AvgIpc) is 2.35. The second-order valence-electron chi connectivity index (χ2n) is 4.01. The smallest absolute Gasteiger partial charge is 0.257 e. The van der Waals surface area contributed by atoms with Crippen LogP contribution in [0.15, 0.2) is 12.3 Å². The lowest BCUT2D eigenvalue weighted by Gasteiger charge is -2.32. The van der Waals surface area contributed by atoms with E-state index in [4.69, 9.17) is 0 Å². The highest BCUT2D eigenvalue weighted by Gasteiger charge is 2.28. The van der Waals surface area contributed by atoms with Gasteiger partial charge in [0.05, 0.1) is 5.56 Å². The first-order valence-electron chi connectivity index (χ1n) is 5.34. The molecule has 1 aliphatic rings. The van der Waals surface area contributed by atoms with Gasteiger partial charge >= 0.3 is 0 Å². The maximum Gasteiger partial charge on any atom is 0.257 e. The molecular weight excluding hydrogens is 244 g/mol. The molecular formula is C11H11F2N3O2. The highest BCUT2D eigenvalue weighted by molar-refractivity contribution is 5.97. The lowest BCUT2D eigenvalue weighted by molar-refractivity contribution is -0.133. The van der Waals surface area contributed by atoms with E-state index in [9.17, 15) is 18.4 Å². The van der Waals surface area contributed by atoms with Gasteiger partial charge in [-0.3, -0.25) is 9.59 Å². The number of hydrogen-bond donors (Lipinski definition) is 0. The number of carbonyl (C=O) groups excluding carboxylic acids is 2. The summed E-state index contributed by atoms with van der Waals surface area (Å²) in [6.07, 6.45) is 1.02. The molecule has 2 rings (SSSR count). The molecule has 0 saturated carbocycles. The average molecular weight is 255 g/mol. The third-order valence-corrected chi connectivity index (χ3v) is 2.82. The summed E-state index contributed by atoms with van der Waals surface area (Å²) in [5, 5.41) is 0. The van der Waals surface area contributed by atoms with E-state index in [1.165, 1.54) is 9.80 Å². The summed E-state index contributed by atoms with van der Waals surface area (Å²) < 4.78 is 26.3. The topological polar surface area (TPSA) is 53.5 Å². The molecule has 1 fully saturated rings. The first-order chi connectivity index (χ1) is 8.50. The van der Waals surface area contributed by atoms with Crippen LogP contribution in [0.25, 0.3) is 0 Å². The Morgan fingerprint density at radius 2 is 2.11 bits per heavy atom. The number of piperazine rings is 1. The van der Waals surface area contributed by atoms with Crippen molar-refractivity contribution < 1.29 is 18.4 Å². The molecule has 0 N–H and O–H groups in total. The summed E-state index contributed by atoms with van der Waals surface area (Å²) in [4.78, 5) is 29.2. The Bertz CT molecular complexity index is 507. The molecule has 1 aromatic heterocycles. The van der Waals surface area contributed by atoms with Crippen molar-refractivity contribution in [1.82, 2.24) is 14.8 Å². The van der Waals surface area contributed by atoms with Gasteiger partial charge in [0.1, 0.15) is 6.54 Å². The fourth-order valence-corrected chi connectivity index (χ4v) is 1.69. The lowest BCUT2D eigenvalue weighted by Crippen LogP contribution is -2.50. The van der Waals surface area contributed by atoms with E-state index in [1.54, 1.807) is 7.05 Å². The molecule has 1 saturated heterocycles. The molecule has 0 spiro atoms. The molecule has 2 heterocycles. The van der Waals surface area contributed by atoms with Crippen LogP contribution in [-0.4, -0.2) is 53.3 Å². The Hall–Kier alpha value is -2.05. The zero-order valence-corrected chi connectivity index (χ0v) is 9.69. The molecule has 5 nitrogen and oxygen atoms in total. The van der Waals surface area contributed by atoms with E-state index < -0.39 is 23.2 Å². The summed E-state index contributed by atoms with van der Waals surface area (Å²) in [5.74, 6) is -3.53. The van der Waals surface area contributed by atoms with E-state index >= 15 is 0 Å². The van der Waals surface area contributed by atoms with Gasteiger partial charge in [-0.25, -0.2) is 9.37 Å². The molecule has 18 heavy (non-hydrogen) atoms. The van der Waals surface area contributed by atoms with Gasteiger partial charge in [0, 0.05) is 26.3 Å². The minimum absolute atomic E-state index is 0.126. The first-order valence-corrected chi connectivity index (χ1v) is 5.34. The van der Waals surface area contributed by atoms with E-state index in [0.29, 0.717) is 13.1 Å². The van der Waals surface area contributed by atoms with Gasteiger partial charge in [0.15, 0.2) is 5.82 Å². The van der Waals surface area contributed by atoms with Gasteiger partial charge in [-0.2, -0.15) is 4.39 Å². The Morgan fingerprint density at radius 1 is 1.39 bits per heavy atom. The highest BCUT2D eigenvalue weighted by Crippen LogP contribution is 2.13. The number of amides is 2. The molecule has 0 radical (unpaired) electrons. The normalized spacial score (nSPS) is 16.1. The van der Waals surface area contributed by atoms with Crippen molar-refractivity contribution in [3.05, 3.63) is 29.6 Å². The van der Waals surface area contributed by atoms with Crippen molar-refractivity contribution in [2.24, 2.45) is 0 Å². The first kappa shape index (κ1) is 12.4.